The van der Waals surface area contributed by atoms with Gasteiger partial charge in [0.15, 0.2) is 5.70 Å². The lowest BCUT2D eigenvalue weighted by molar-refractivity contribution is -0.129. The van der Waals surface area contributed by atoms with Crippen LogP contribution in [0, 0.1) is 0 Å². The second-order valence-corrected chi connectivity index (χ2v) is 6.15. The van der Waals surface area contributed by atoms with Crippen molar-refractivity contribution in [2.45, 2.75) is 13.3 Å². The van der Waals surface area contributed by atoms with E-state index in [4.69, 9.17) is 9.47 Å². The topological polar surface area (TPSA) is 47.9 Å². The summed E-state index contributed by atoms with van der Waals surface area (Å²) in [4.78, 5) is 16.4. The Labute approximate surface area is 148 Å². The van der Waals surface area contributed by atoms with Crippen LogP contribution in [-0.4, -0.2) is 18.5 Å². The number of hydrogen-bond donors (Lipinski definition) is 0. The number of para-hydroxylation sites is 1. The number of benzene rings is 2. The number of hydrogen-bond acceptors (Lipinski definition) is 4. The molecule has 0 saturated heterocycles. The largest absolute Gasteiger partial charge is 0.493 e. The third-order valence-electron chi connectivity index (χ3n) is 3.36. The van der Waals surface area contributed by atoms with Crippen molar-refractivity contribution >= 4 is 33.9 Å². The number of cyclic esters (lactones) is 1. The van der Waals surface area contributed by atoms with Crippen molar-refractivity contribution in [3.63, 3.8) is 0 Å². The summed E-state index contributed by atoms with van der Waals surface area (Å²) in [6.45, 7) is 2.67. The van der Waals surface area contributed by atoms with Crippen LogP contribution in [0.1, 0.15) is 24.5 Å². The van der Waals surface area contributed by atoms with Crippen molar-refractivity contribution in [3.05, 3.63) is 69.8 Å². The predicted octanol–water partition coefficient (Wildman–Crippen LogP) is 4.58. The maximum absolute atomic E-state index is 12.1. The summed E-state index contributed by atoms with van der Waals surface area (Å²) >= 11 is 3.40. The van der Waals surface area contributed by atoms with Gasteiger partial charge in [-0.25, -0.2) is 9.79 Å². The molecule has 0 amide bonds. The molecular formula is C19H16BrNO3. The third kappa shape index (κ3) is 3.74. The maximum Gasteiger partial charge on any atom is 0.363 e. The monoisotopic (exact) mass is 385 g/mol. The Bertz CT molecular complexity index is 827. The Hall–Kier alpha value is -2.40. The van der Waals surface area contributed by atoms with E-state index in [2.05, 4.69) is 20.9 Å². The van der Waals surface area contributed by atoms with E-state index in [0.717, 1.165) is 27.8 Å². The third-order valence-corrected chi connectivity index (χ3v) is 3.86. The van der Waals surface area contributed by atoms with Gasteiger partial charge in [-0.2, -0.15) is 0 Å². The molecule has 0 aliphatic carbocycles. The quantitative estimate of drug-likeness (QED) is 0.558. The zero-order valence-electron chi connectivity index (χ0n) is 13.2. The molecule has 24 heavy (non-hydrogen) atoms. The molecule has 0 atom stereocenters. The van der Waals surface area contributed by atoms with E-state index in [1.54, 1.807) is 6.08 Å². The van der Waals surface area contributed by atoms with Gasteiger partial charge in [-0.15, -0.1) is 0 Å². The molecule has 3 rings (SSSR count). The van der Waals surface area contributed by atoms with E-state index in [9.17, 15) is 4.79 Å². The van der Waals surface area contributed by atoms with E-state index in [1.165, 1.54) is 0 Å². The van der Waals surface area contributed by atoms with Crippen LogP contribution in [0.25, 0.3) is 6.08 Å². The highest BCUT2D eigenvalue weighted by Gasteiger charge is 2.24. The van der Waals surface area contributed by atoms with Crippen LogP contribution in [0.5, 0.6) is 5.75 Å². The molecule has 1 heterocycles. The minimum absolute atomic E-state index is 0.262. The summed E-state index contributed by atoms with van der Waals surface area (Å²) in [5, 5.41) is 0. The lowest BCUT2D eigenvalue weighted by Gasteiger charge is -2.07. The molecule has 0 N–H and O–H groups in total. The molecule has 1 aliphatic heterocycles. The number of esters is 1. The molecule has 122 valence electrons. The summed E-state index contributed by atoms with van der Waals surface area (Å²) in [7, 11) is 0. The van der Waals surface area contributed by atoms with Crippen LogP contribution in [0.3, 0.4) is 0 Å². The second kappa shape index (κ2) is 7.45. The number of ether oxygens (including phenoxy) is 2. The Morgan fingerprint density at radius 3 is 2.83 bits per heavy atom. The van der Waals surface area contributed by atoms with Crippen LogP contribution in [0.2, 0.25) is 0 Å². The van der Waals surface area contributed by atoms with Crippen molar-refractivity contribution in [3.8, 4) is 5.75 Å². The number of halogens is 1. The first kappa shape index (κ1) is 16.5. The van der Waals surface area contributed by atoms with Crippen LogP contribution >= 0.6 is 15.9 Å². The summed E-state index contributed by atoms with van der Waals surface area (Å²) in [6.07, 6.45) is 2.61. The van der Waals surface area contributed by atoms with Gasteiger partial charge in [0.25, 0.3) is 0 Å². The number of rotatable bonds is 5. The minimum Gasteiger partial charge on any atom is -0.493 e. The van der Waals surface area contributed by atoms with Crippen LogP contribution in [-0.2, 0) is 9.53 Å². The van der Waals surface area contributed by atoms with Crippen molar-refractivity contribution in [1.82, 2.24) is 0 Å². The first-order chi connectivity index (χ1) is 11.7. The highest BCUT2D eigenvalue weighted by molar-refractivity contribution is 9.10. The first-order valence-corrected chi connectivity index (χ1v) is 8.47. The van der Waals surface area contributed by atoms with Crippen molar-refractivity contribution in [2.75, 3.05) is 6.61 Å². The van der Waals surface area contributed by atoms with E-state index >= 15 is 0 Å². The summed E-state index contributed by atoms with van der Waals surface area (Å²) in [5.41, 5.74) is 1.81. The normalized spacial score (nSPS) is 15.3. The minimum atomic E-state index is -0.463. The molecule has 0 radical (unpaired) electrons. The Morgan fingerprint density at radius 1 is 1.21 bits per heavy atom. The fourth-order valence-corrected chi connectivity index (χ4v) is 2.64. The SMILES string of the molecule is CCCOc1ccccc1/C=C1\N=C(c2cccc(Br)c2)OC1=O. The molecule has 0 saturated carbocycles. The Balaban J connectivity index is 1.92. The van der Waals surface area contributed by atoms with E-state index < -0.39 is 5.97 Å². The maximum atomic E-state index is 12.1. The molecule has 0 bridgehead atoms. The lowest BCUT2D eigenvalue weighted by atomic mass is 10.1. The van der Waals surface area contributed by atoms with Gasteiger partial charge < -0.3 is 9.47 Å². The van der Waals surface area contributed by atoms with E-state index in [-0.39, 0.29) is 5.70 Å². The molecule has 0 spiro atoms. The van der Waals surface area contributed by atoms with Gasteiger partial charge in [-0.1, -0.05) is 47.1 Å². The van der Waals surface area contributed by atoms with Gasteiger partial charge in [0, 0.05) is 15.6 Å². The Morgan fingerprint density at radius 2 is 2.04 bits per heavy atom. The average molecular weight is 386 g/mol. The highest BCUT2D eigenvalue weighted by atomic mass is 79.9. The van der Waals surface area contributed by atoms with Crippen molar-refractivity contribution in [1.29, 1.82) is 0 Å². The van der Waals surface area contributed by atoms with Gasteiger partial charge in [0.1, 0.15) is 5.75 Å². The van der Waals surface area contributed by atoms with Crippen LogP contribution < -0.4 is 4.74 Å². The van der Waals surface area contributed by atoms with Crippen molar-refractivity contribution < 1.29 is 14.3 Å². The molecule has 2 aromatic carbocycles. The van der Waals surface area contributed by atoms with Crippen LogP contribution in [0.15, 0.2) is 63.7 Å². The standard InChI is InChI=1S/C19H16BrNO3/c1-2-10-23-17-9-4-3-6-13(17)12-16-19(22)24-18(21-16)14-7-5-8-15(20)11-14/h3-9,11-12H,2,10H2,1H3/b16-12-. The molecular weight excluding hydrogens is 370 g/mol. The average Bonchev–Trinajstić information content (AvgIpc) is 2.95. The Kier molecular flexibility index (Phi) is 5.11. The number of carbonyl (C=O) groups is 1. The number of nitrogens with zero attached hydrogens (tertiary/aromatic N) is 1. The number of aliphatic imine (C=N–C) groups is 1. The van der Waals surface area contributed by atoms with Gasteiger partial charge in [-0.3, -0.25) is 0 Å². The first-order valence-electron chi connectivity index (χ1n) is 7.67. The highest BCUT2D eigenvalue weighted by Crippen LogP contribution is 2.25. The van der Waals surface area contributed by atoms with Gasteiger partial charge in [0.05, 0.1) is 6.61 Å². The summed E-state index contributed by atoms with van der Waals surface area (Å²) < 4.78 is 11.9. The van der Waals surface area contributed by atoms with Gasteiger partial charge in [-0.05, 0) is 36.8 Å². The fraction of sp³-hybridized carbons (Fsp3) is 0.158. The fourth-order valence-electron chi connectivity index (χ4n) is 2.24. The number of carbonyl (C=O) groups excluding carboxylic acids is 1. The molecule has 0 fully saturated rings. The van der Waals surface area contributed by atoms with Gasteiger partial charge in [0.2, 0.25) is 5.90 Å². The molecule has 2 aromatic rings. The molecule has 0 unspecified atom stereocenters. The van der Waals surface area contributed by atoms with Gasteiger partial charge >= 0.3 is 5.97 Å². The van der Waals surface area contributed by atoms with Crippen LogP contribution in [0.4, 0.5) is 0 Å². The second-order valence-electron chi connectivity index (χ2n) is 5.23. The predicted molar refractivity (Wildman–Crippen MR) is 97.0 cm³/mol. The lowest BCUT2D eigenvalue weighted by Crippen LogP contribution is -2.05. The van der Waals surface area contributed by atoms with Crippen molar-refractivity contribution in [2.24, 2.45) is 4.99 Å². The zero-order chi connectivity index (χ0) is 16.9. The van der Waals surface area contributed by atoms with E-state index in [1.807, 2.05) is 55.5 Å². The molecule has 4 nitrogen and oxygen atoms in total. The smallest absolute Gasteiger partial charge is 0.363 e. The zero-order valence-corrected chi connectivity index (χ0v) is 14.7. The molecule has 0 aromatic heterocycles. The summed E-state index contributed by atoms with van der Waals surface area (Å²) in [6, 6.07) is 15.0. The van der Waals surface area contributed by atoms with E-state index in [0.29, 0.717) is 12.5 Å². The molecule has 1 aliphatic rings. The summed E-state index contributed by atoms with van der Waals surface area (Å²) in [5.74, 6) is 0.570. The molecule has 5 heteroatoms.